The Morgan fingerprint density at radius 2 is 1.90 bits per heavy atom. The molecule has 0 amide bonds. The number of nitrogens with two attached hydrogens (primary N) is 1. The van der Waals surface area contributed by atoms with Gasteiger partial charge in [0.2, 0.25) is 0 Å². The number of thiazole rings is 1. The van der Waals surface area contributed by atoms with E-state index in [-0.39, 0.29) is 6.04 Å². The van der Waals surface area contributed by atoms with Gasteiger partial charge in [-0.15, -0.1) is 11.3 Å². The normalized spacial score (nSPS) is 12.5. The highest BCUT2D eigenvalue weighted by Crippen LogP contribution is 2.26. The standard InChI is InChI=1S/C16H16N2OS/c1-11(17)12-6-2-4-8-14(12)19-10-16-18-13-7-3-5-9-15(13)20-16/h2-9,11H,10,17H2,1H3/t11-/m1/s1. The average Bonchev–Trinajstić information content (AvgIpc) is 2.88. The summed E-state index contributed by atoms with van der Waals surface area (Å²) in [5, 5.41) is 0.977. The number of benzene rings is 2. The molecule has 0 unspecified atom stereocenters. The van der Waals surface area contributed by atoms with Gasteiger partial charge >= 0.3 is 0 Å². The van der Waals surface area contributed by atoms with Crippen molar-refractivity contribution in [2.45, 2.75) is 19.6 Å². The quantitative estimate of drug-likeness (QED) is 0.790. The zero-order valence-electron chi connectivity index (χ0n) is 11.2. The molecule has 0 aliphatic heterocycles. The molecule has 102 valence electrons. The summed E-state index contributed by atoms with van der Waals surface area (Å²) in [6.45, 7) is 2.43. The molecule has 0 fully saturated rings. The lowest BCUT2D eigenvalue weighted by molar-refractivity contribution is 0.301. The molecule has 1 heterocycles. The van der Waals surface area contributed by atoms with Crippen molar-refractivity contribution in [3.8, 4) is 5.75 Å². The number of fused-ring (bicyclic) bond motifs is 1. The average molecular weight is 284 g/mol. The Kier molecular flexibility index (Phi) is 3.67. The van der Waals surface area contributed by atoms with Gasteiger partial charge in [0, 0.05) is 11.6 Å². The minimum Gasteiger partial charge on any atom is -0.486 e. The molecule has 3 aromatic rings. The van der Waals surface area contributed by atoms with Crippen molar-refractivity contribution in [2.75, 3.05) is 0 Å². The fourth-order valence-electron chi connectivity index (χ4n) is 2.11. The molecule has 0 spiro atoms. The topological polar surface area (TPSA) is 48.1 Å². The number of rotatable bonds is 4. The van der Waals surface area contributed by atoms with Gasteiger partial charge in [-0.25, -0.2) is 4.98 Å². The highest BCUT2D eigenvalue weighted by molar-refractivity contribution is 7.18. The second kappa shape index (κ2) is 5.61. The fourth-order valence-corrected chi connectivity index (χ4v) is 2.99. The second-order valence-corrected chi connectivity index (χ2v) is 5.81. The van der Waals surface area contributed by atoms with E-state index < -0.39 is 0 Å². The van der Waals surface area contributed by atoms with Crippen LogP contribution in [-0.2, 0) is 6.61 Å². The number of para-hydroxylation sites is 2. The van der Waals surface area contributed by atoms with Gasteiger partial charge in [0.15, 0.2) is 0 Å². The lowest BCUT2D eigenvalue weighted by atomic mass is 10.1. The Morgan fingerprint density at radius 3 is 2.70 bits per heavy atom. The molecule has 3 nitrogen and oxygen atoms in total. The second-order valence-electron chi connectivity index (χ2n) is 4.69. The summed E-state index contributed by atoms with van der Waals surface area (Å²) in [5.74, 6) is 0.835. The molecule has 3 rings (SSSR count). The van der Waals surface area contributed by atoms with Crippen LogP contribution in [0.5, 0.6) is 5.75 Å². The summed E-state index contributed by atoms with van der Waals surface area (Å²) in [7, 11) is 0. The maximum absolute atomic E-state index is 5.95. The smallest absolute Gasteiger partial charge is 0.140 e. The molecule has 1 aromatic heterocycles. The van der Waals surface area contributed by atoms with E-state index in [2.05, 4.69) is 11.1 Å². The lowest BCUT2D eigenvalue weighted by Gasteiger charge is -2.12. The number of hydrogen-bond donors (Lipinski definition) is 1. The van der Waals surface area contributed by atoms with Crippen LogP contribution in [0.2, 0.25) is 0 Å². The van der Waals surface area contributed by atoms with Gasteiger partial charge in [0.1, 0.15) is 17.4 Å². The molecular weight excluding hydrogens is 268 g/mol. The molecule has 20 heavy (non-hydrogen) atoms. The van der Waals surface area contributed by atoms with Crippen LogP contribution in [0.25, 0.3) is 10.2 Å². The zero-order valence-corrected chi connectivity index (χ0v) is 12.1. The third-order valence-electron chi connectivity index (χ3n) is 3.10. The van der Waals surface area contributed by atoms with E-state index in [1.54, 1.807) is 11.3 Å². The van der Waals surface area contributed by atoms with E-state index >= 15 is 0 Å². The zero-order chi connectivity index (χ0) is 13.9. The maximum Gasteiger partial charge on any atom is 0.140 e. The molecule has 0 bridgehead atoms. The third-order valence-corrected chi connectivity index (χ3v) is 4.11. The van der Waals surface area contributed by atoms with E-state index in [0.717, 1.165) is 21.8 Å². The van der Waals surface area contributed by atoms with Crippen LogP contribution in [0.3, 0.4) is 0 Å². The molecule has 0 saturated heterocycles. The van der Waals surface area contributed by atoms with Crippen molar-refractivity contribution in [1.82, 2.24) is 4.98 Å². The van der Waals surface area contributed by atoms with Crippen molar-refractivity contribution >= 4 is 21.6 Å². The van der Waals surface area contributed by atoms with Gasteiger partial charge in [-0.1, -0.05) is 30.3 Å². The van der Waals surface area contributed by atoms with E-state index in [9.17, 15) is 0 Å². The predicted molar refractivity (Wildman–Crippen MR) is 83.0 cm³/mol. The van der Waals surface area contributed by atoms with Gasteiger partial charge in [-0.05, 0) is 25.1 Å². The summed E-state index contributed by atoms with van der Waals surface area (Å²) in [6, 6.07) is 16.0. The molecule has 4 heteroatoms. The number of aromatic nitrogens is 1. The predicted octanol–water partition coefficient (Wildman–Crippen LogP) is 3.90. The van der Waals surface area contributed by atoms with Crippen LogP contribution in [0.15, 0.2) is 48.5 Å². The van der Waals surface area contributed by atoms with Crippen LogP contribution in [-0.4, -0.2) is 4.98 Å². The van der Waals surface area contributed by atoms with E-state index in [1.807, 2.05) is 49.4 Å². The van der Waals surface area contributed by atoms with Crippen molar-refractivity contribution in [2.24, 2.45) is 5.73 Å². The summed E-state index contributed by atoms with van der Waals surface area (Å²) < 4.78 is 7.07. The van der Waals surface area contributed by atoms with Gasteiger partial charge in [-0.3, -0.25) is 0 Å². The molecule has 0 radical (unpaired) electrons. The van der Waals surface area contributed by atoms with Crippen LogP contribution >= 0.6 is 11.3 Å². The lowest BCUT2D eigenvalue weighted by Crippen LogP contribution is -2.07. The van der Waals surface area contributed by atoms with Gasteiger partial charge in [-0.2, -0.15) is 0 Å². The SMILES string of the molecule is C[C@@H](N)c1ccccc1OCc1nc2ccccc2s1. The number of hydrogen-bond acceptors (Lipinski definition) is 4. The molecule has 2 N–H and O–H groups in total. The number of nitrogens with zero attached hydrogens (tertiary/aromatic N) is 1. The van der Waals surface area contributed by atoms with Crippen LogP contribution in [0.1, 0.15) is 23.5 Å². The Hall–Kier alpha value is -1.91. The first-order valence-electron chi connectivity index (χ1n) is 6.56. The highest BCUT2D eigenvalue weighted by atomic mass is 32.1. The molecular formula is C16H16N2OS. The summed E-state index contributed by atoms with van der Waals surface area (Å²) in [5.41, 5.74) is 8.00. The van der Waals surface area contributed by atoms with Crippen molar-refractivity contribution in [3.63, 3.8) is 0 Å². The Labute approximate surface area is 122 Å². The molecule has 2 aromatic carbocycles. The van der Waals surface area contributed by atoms with Crippen molar-refractivity contribution < 1.29 is 4.74 Å². The van der Waals surface area contributed by atoms with Crippen LogP contribution in [0.4, 0.5) is 0 Å². The Morgan fingerprint density at radius 1 is 1.15 bits per heavy atom. The monoisotopic (exact) mass is 284 g/mol. The van der Waals surface area contributed by atoms with E-state index in [0.29, 0.717) is 6.61 Å². The molecule has 0 saturated carbocycles. The van der Waals surface area contributed by atoms with Gasteiger partial charge in [0.25, 0.3) is 0 Å². The van der Waals surface area contributed by atoms with Crippen LogP contribution < -0.4 is 10.5 Å². The Balaban J connectivity index is 1.79. The third kappa shape index (κ3) is 2.66. The Bertz CT molecular complexity index is 688. The van der Waals surface area contributed by atoms with Gasteiger partial charge < -0.3 is 10.5 Å². The molecule has 0 aliphatic carbocycles. The molecule has 1 atom stereocenters. The minimum absolute atomic E-state index is 0.0402. The van der Waals surface area contributed by atoms with E-state index in [1.165, 1.54) is 4.70 Å². The highest BCUT2D eigenvalue weighted by Gasteiger charge is 2.09. The largest absolute Gasteiger partial charge is 0.486 e. The maximum atomic E-state index is 5.95. The number of ether oxygens (including phenoxy) is 1. The first-order valence-corrected chi connectivity index (χ1v) is 7.37. The summed E-state index contributed by atoms with van der Waals surface area (Å²) in [6.07, 6.45) is 0. The summed E-state index contributed by atoms with van der Waals surface area (Å²) >= 11 is 1.66. The van der Waals surface area contributed by atoms with Crippen molar-refractivity contribution in [1.29, 1.82) is 0 Å². The first kappa shape index (κ1) is 13.1. The van der Waals surface area contributed by atoms with E-state index in [4.69, 9.17) is 10.5 Å². The van der Waals surface area contributed by atoms with Gasteiger partial charge in [0.05, 0.1) is 10.2 Å². The minimum atomic E-state index is -0.0402. The first-order chi connectivity index (χ1) is 9.74. The molecule has 0 aliphatic rings. The van der Waals surface area contributed by atoms with Crippen molar-refractivity contribution in [3.05, 3.63) is 59.1 Å². The fraction of sp³-hybridized carbons (Fsp3) is 0.188. The van der Waals surface area contributed by atoms with Crippen LogP contribution in [0, 0.1) is 0 Å². The summed E-state index contributed by atoms with van der Waals surface area (Å²) in [4.78, 5) is 4.56.